The van der Waals surface area contributed by atoms with Gasteiger partial charge < -0.3 is 15.4 Å². The molecule has 6 nitrogen and oxygen atoms in total. The Bertz CT molecular complexity index is 449. The van der Waals surface area contributed by atoms with E-state index >= 15 is 0 Å². The number of anilines is 1. The third kappa shape index (κ3) is 5.13. The van der Waals surface area contributed by atoms with Gasteiger partial charge in [-0.1, -0.05) is 13.8 Å². The van der Waals surface area contributed by atoms with Crippen LogP contribution in [0, 0.1) is 6.92 Å². The Kier molecular flexibility index (Phi) is 6.38. The normalized spacial score (nSPS) is 12.3. The topological polar surface area (TPSA) is 76.1 Å². The summed E-state index contributed by atoms with van der Waals surface area (Å²) in [4.78, 5) is 20.7. The van der Waals surface area contributed by atoms with E-state index in [0.717, 1.165) is 11.5 Å². The number of carbonyl (C=O) groups is 1. The zero-order valence-corrected chi connectivity index (χ0v) is 12.9. The summed E-state index contributed by atoms with van der Waals surface area (Å²) >= 11 is 0. The van der Waals surface area contributed by atoms with Crippen molar-refractivity contribution in [1.82, 2.24) is 15.3 Å². The van der Waals surface area contributed by atoms with E-state index in [-0.39, 0.29) is 17.9 Å². The van der Waals surface area contributed by atoms with Crippen molar-refractivity contribution in [3.8, 4) is 0 Å². The van der Waals surface area contributed by atoms with Crippen LogP contribution in [0.25, 0.3) is 0 Å². The largest absolute Gasteiger partial charge is 0.383 e. The molecule has 0 aliphatic heterocycles. The van der Waals surface area contributed by atoms with Crippen molar-refractivity contribution < 1.29 is 9.53 Å². The Hall–Kier alpha value is -1.69. The van der Waals surface area contributed by atoms with E-state index < -0.39 is 0 Å². The highest BCUT2D eigenvalue weighted by molar-refractivity contribution is 5.83. The molecule has 0 aliphatic carbocycles. The third-order valence-corrected chi connectivity index (χ3v) is 2.75. The summed E-state index contributed by atoms with van der Waals surface area (Å²) < 4.78 is 4.89. The van der Waals surface area contributed by atoms with E-state index in [9.17, 15) is 4.79 Å². The molecule has 0 spiro atoms. The Labute approximate surface area is 120 Å². The van der Waals surface area contributed by atoms with Crippen LogP contribution in [0.15, 0.2) is 6.07 Å². The highest BCUT2D eigenvalue weighted by Crippen LogP contribution is 2.14. The van der Waals surface area contributed by atoms with Crippen LogP contribution in [0.2, 0.25) is 0 Å². The van der Waals surface area contributed by atoms with E-state index in [0.29, 0.717) is 19.0 Å². The molecule has 1 aromatic rings. The fourth-order valence-electron chi connectivity index (χ4n) is 1.64. The number of ether oxygens (including phenoxy) is 1. The molecule has 0 bridgehead atoms. The fourth-order valence-corrected chi connectivity index (χ4v) is 1.64. The molecular weight excluding hydrogens is 256 g/mol. The first-order valence-corrected chi connectivity index (χ1v) is 6.82. The van der Waals surface area contributed by atoms with Gasteiger partial charge in [-0.3, -0.25) is 4.79 Å². The number of carbonyl (C=O) groups excluding carboxylic acids is 1. The van der Waals surface area contributed by atoms with E-state index in [1.165, 1.54) is 0 Å². The second-order valence-corrected chi connectivity index (χ2v) is 5.06. The zero-order chi connectivity index (χ0) is 15.1. The molecule has 1 aromatic heterocycles. The lowest BCUT2D eigenvalue weighted by Crippen LogP contribution is -2.39. The highest BCUT2D eigenvalue weighted by Gasteiger charge is 2.14. The molecular formula is C14H24N4O2. The number of nitrogens with zero attached hydrogens (tertiary/aromatic N) is 2. The molecule has 1 rings (SSSR count). The summed E-state index contributed by atoms with van der Waals surface area (Å²) in [6, 6.07) is 1.48. The fraction of sp³-hybridized carbons (Fsp3) is 0.643. The molecule has 20 heavy (non-hydrogen) atoms. The van der Waals surface area contributed by atoms with E-state index in [1.54, 1.807) is 14.0 Å². The molecule has 0 radical (unpaired) electrons. The first kappa shape index (κ1) is 16.4. The van der Waals surface area contributed by atoms with E-state index in [4.69, 9.17) is 4.74 Å². The lowest BCUT2D eigenvalue weighted by Gasteiger charge is -2.16. The molecule has 0 aromatic carbocycles. The second-order valence-electron chi connectivity index (χ2n) is 5.06. The second kappa shape index (κ2) is 7.79. The first-order valence-electron chi connectivity index (χ1n) is 6.82. The van der Waals surface area contributed by atoms with Crippen LogP contribution >= 0.6 is 0 Å². The molecule has 112 valence electrons. The van der Waals surface area contributed by atoms with Crippen molar-refractivity contribution in [1.29, 1.82) is 0 Å². The minimum atomic E-state index is -0.360. The van der Waals surface area contributed by atoms with Crippen molar-refractivity contribution >= 4 is 11.7 Å². The molecule has 2 N–H and O–H groups in total. The number of hydrogen-bond donors (Lipinski definition) is 2. The van der Waals surface area contributed by atoms with Gasteiger partial charge in [0.2, 0.25) is 5.91 Å². The number of aromatic nitrogens is 2. The van der Waals surface area contributed by atoms with Gasteiger partial charge in [-0.25, -0.2) is 9.97 Å². The number of rotatable bonds is 7. The molecule has 0 saturated carbocycles. The predicted molar refractivity (Wildman–Crippen MR) is 78.8 cm³/mol. The van der Waals surface area contributed by atoms with Crippen molar-refractivity contribution in [2.75, 3.05) is 25.6 Å². The summed E-state index contributed by atoms with van der Waals surface area (Å²) in [6.07, 6.45) is 0. The predicted octanol–water partition coefficient (Wildman–Crippen LogP) is 1.47. The average Bonchev–Trinajstić information content (AvgIpc) is 2.38. The van der Waals surface area contributed by atoms with Gasteiger partial charge in [0, 0.05) is 31.3 Å². The summed E-state index contributed by atoms with van der Waals surface area (Å²) in [5, 5.41) is 5.89. The number of amides is 1. The lowest BCUT2D eigenvalue weighted by molar-refractivity contribution is -0.121. The van der Waals surface area contributed by atoms with Gasteiger partial charge in [-0.05, 0) is 13.8 Å². The zero-order valence-electron chi connectivity index (χ0n) is 12.9. The molecule has 1 amide bonds. The van der Waals surface area contributed by atoms with E-state index in [1.807, 2.05) is 26.8 Å². The minimum absolute atomic E-state index is 0.0792. The summed E-state index contributed by atoms with van der Waals surface area (Å²) in [5.41, 5.74) is 0.887. The van der Waals surface area contributed by atoms with Gasteiger partial charge >= 0.3 is 0 Å². The van der Waals surface area contributed by atoms with Gasteiger partial charge in [-0.2, -0.15) is 0 Å². The van der Waals surface area contributed by atoms with Gasteiger partial charge in [0.05, 0.1) is 6.61 Å². The van der Waals surface area contributed by atoms with Gasteiger partial charge in [0.1, 0.15) is 17.7 Å². The maximum absolute atomic E-state index is 11.9. The standard InChI is InChI=1S/C14H24N4O2/c1-9(2)13-16-10(3)8-12(18-13)17-11(4)14(19)15-6-7-20-5/h8-9,11H,6-7H2,1-5H3,(H,15,19)(H,16,17,18). The number of nitrogens with one attached hydrogen (secondary N) is 2. The van der Waals surface area contributed by atoms with Crippen LogP contribution in [0.1, 0.15) is 38.2 Å². The third-order valence-electron chi connectivity index (χ3n) is 2.75. The monoisotopic (exact) mass is 280 g/mol. The quantitative estimate of drug-likeness (QED) is 0.740. The SMILES string of the molecule is COCCNC(=O)C(C)Nc1cc(C)nc(C(C)C)n1. The average molecular weight is 280 g/mol. The van der Waals surface area contributed by atoms with Crippen LogP contribution in [0.5, 0.6) is 0 Å². The molecule has 0 aliphatic rings. The van der Waals surface area contributed by atoms with Crippen LogP contribution in [0.3, 0.4) is 0 Å². The maximum Gasteiger partial charge on any atom is 0.242 e. The lowest BCUT2D eigenvalue weighted by atomic mass is 10.2. The smallest absolute Gasteiger partial charge is 0.242 e. The van der Waals surface area contributed by atoms with Crippen molar-refractivity contribution in [3.05, 3.63) is 17.6 Å². The van der Waals surface area contributed by atoms with E-state index in [2.05, 4.69) is 20.6 Å². The number of methoxy groups -OCH3 is 1. The van der Waals surface area contributed by atoms with Gasteiger partial charge in [0.25, 0.3) is 0 Å². The molecule has 6 heteroatoms. The van der Waals surface area contributed by atoms with Crippen LogP contribution in [-0.4, -0.2) is 42.2 Å². The first-order chi connectivity index (χ1) is 9.43. The Balaban J connectivity index is 2.65. The van der Waals surface area contributed by atoms with Crippen molar-refractivity contribution in [2.24, 2.45) is 0 Å². The Morgan fingerprint density at radius 2 is 2.05 bits per heavy atom. The molecule has 0 saturated heterocycles. The van der Waals surface area contributed by atoms with Crippen LogP contribution in [0.4, 0.5) is 5.82 Å². The van der Waals surface area contributed by atoms with Crippen molar-refractivity contribution in [2.45, 2.75) is 39.7 Å². The molecule has 1 heterocycles. The molecule has 0 fully saturated rings. The van der Waals surface area contributed by atoms with Crippen LogP contribution in [-0.2, 0) is 9.53 Å². The molecule has 1 unspecified atom stereocenters. The molecule has 1 atom stereocenters. The summed E-state index contributed by atoms with van der Waals surface area (Å²) in [7, 11) is 1.60. The Morgan fingerprint density at radius 1 is 1.35 bits per heavy atom. The minimum Gasteiger partial charge on any atom is -0.383 e. The van der Waals surface area contributed by atoms with Crippen LogP contribution < -0.4 is 10.6 Å². The number of hydrogen-bond acceptors (Lipinski definition) is 5. The highest BCUT2D eigenvalue weighted by atomic mass is 16.5. The number of aryl methyl sites for hydroxylation is 1. The van der Waals surface area contributed by atoms with Gasteiger partial charge in [-0.15, -0.1) is 0 Å². The summed E-state index contributed by atoms with van der Waals surface area (Å²) in [6.45, 7) is 8.81. The maximum atomic E-state index is 11.9. The Morgan fingerprint density at radius 3 is 2.65 bits per heavy atom. The van der Waals surface area contributed by atoms with Gasteiger partial charge in [0.15, 0.2) is 0 Å². The van der Waals surface area contributed by atoms with Crippen molar-refractivity contribution in [3.63, 3.8) is 0 Å². The summed E-state index contributed by atoms with van der Waals surface area (Å²) in [5.74, 6) is 1.63.